The number of rotatable bonds is 5. The Labute approximate surface area is 138 Å². The zero-order valence-corrected chi connectivity index (χ0v) is 14.4. The first-order chi connectivity index (χ1) is 11.0. The van der Waals surface area contributed by atoms with Crippen molar-refractivity contribution in [1.29, 1.82) is 0 Å². The van der Waals surface area contributed by atoms with E-state index in [1.165, 1.54) is 0 Å². The first kappa shape index (κ1) is 17.6. The van der Waals surface area contributed by atoms with Gasteiger partial charge in [0.1, 0.15) is 5.75 Å². The van der Waals surface area contributed by atoms with Gasteiger partial charge in [-0.2, -0.15) is 0 Å². The van der Waals surface area contributed by atoms with Gasteiger partial charge in [0.25, 0.3) is 0 Å². The maximum absolute atomic E-state index is 12.5. The van der Waals surface area contributed by atoms with Crippen LogP contribution >= 0.6 is 0 Å². The summed E-state index contributed by atoms with van der Waals surface area (Å²) < 4.78 is 5.61. The van der Waals surface area contributed by atoms with E-state index in [4.69, 9.17) is 4.74 Å². The highest BCUT2D eigenvalue weighted by molar-refractivity contribution is 5.91. The Kier molecular flexibility index (Phi) is 5.88. The molecule has 1 aromatic carbocycles. The molecule has 0 radical (unpaired) electrons. The summed E-state index contributed by atoms with van der Waals surface area (Å²) in [7, 11) is 0. The van der Waals surface area contributed by atoms with E-state index in [0.29, 0.717) is 31.1 Å². The van der Waals surface area contributed by atoms with Crippen LogP contribution < -0.4 is 10.1 Å². The zero-order valence-electron chi connectivity index (χ0n) is 14.4. The number of anilines is 1. The van der Waals surface area contributed by atoms with Crippen LogP contribution in [0.2, 0.25) is 0 Å². The largest absolute Gasteiger partial charge is 0.492 e. The van der Waals surface area contributed by atoms with Crippen molar-refractivity contribution in [1.82, 2.24) is 4.90 Å². The van der Waals surface area contributed by atoms with Crippen LogP contribution in [0.3, 0.4) is 0 Å². The standard InChI is InChI=1S/C18H28N2O3/c1-4-18(13-21)8-10-20(11-9-18)17(22)19-15-7-6-14(3)12-16(15)23-5-2/h6-7,12,21H,4-5,8-11,13H2,1-3H3,(H,19,22). The van der Waals surface area contributed by atoms with Crippen molar-refractivity contribution in [2.45, 2.75) is 40.0 Å². The second kappa shape index (κ2) is 7.68. The Morgan fingerprint density at radius 1 is 1.35 bits per heavy atom. The van der Waals surface area contributed by atoms with Crippen LogP contribution in [-0.2, 0) is 0 Å². The molecule has 0 aromatic heterocycles. The Morgan fingerprint density at radius 3 is 2.61 bits per heavy atom. The van der Waals surface area contributed by atoms with E-state index < -0.39 is 0 Å². The monoisotopic (exact) mass is 320 g/mol. The number of aryl methyl sites for hydroxylation is 1. The van der Waals surface area contributed by atoms with Gasteiger partial charge in [0, 0.05) is 19.7 Å². The third-order valence-corrected chi connectivity index (χ3v) is 4.88. The second-order valence-electron chi connectivity index (χ2n) is 6.36. The summed E-state index contributed by atoms with van der Waals surface area (Å²) in [6, 6.07) is 5.68. The minimum Gasteiger partial charge on any atom is -0.492 e. The molecule has 1 heterocycles. The van der Waals surface area contributed by atoms with Crippen LogP contribution in [0.15, 0.2) is 18.2 Å². The van der Waals surface area contributed by atoms with Gasteiger partial charge in [-0.3, -0.25) is 0 Å². The van der Waals surface area contributed by atoms with Crippen molar-refractivity contribution in [3.05, 3.63) is 23.8 Å². The maximum Gasteiger partial charge on any atom is 0.321 e. The van der Waals surface area contributed by atoms with Crippen LogP contribution in [0.1, 0.15) is 38.7 Å². The lowest BCUT2D eigenvalue weighted by Crippen LogP contribution is -2.46. The molecule has 1 aliphatic rings. The third kappa shape index (κ3) is 4.16. The molecule has 0 atom stereocenters. The van der Waals surface area contributed by atoms with Crippen LogP contribution in [0.5, 0.6) is 5.75 Å². The Morgan fingerprint density at radius 2 is 2.04 bits per heavy atom. The van der Waals surface area contributed by atoms with Gasteiger partial charge >= 0.3 is 6.03 Å². The van der Waals surface area contributed by atoms with Gasteiger partial charge < -0.3 is 20.1 Å². The van der Waals surface area contributed by atoms with E-state index in [0.717, 1.165) is 24.8 Å². The first-order valence-electron chi connectivity index (χ1n) is 8.44. The number of amides is 2. The number of piperidine rings is 1. The van der Waals surface area contributed by atoms with Gasteiger partial charge in [0.2, 0.25) is 0 Å². The van der Waals surface area contributed by atoms with Crippen LogP contribution in [0.25, 0.3) is 0 Å². The summed E-state index contributed by atoms with van der Waals surface area (Å²) in [5.74, 6) is 0.705. The maximum atomic E-state index is 12.5. The fourth-order valence-electron chi connectivity index (χ4n) is 3.01. The number of nitrogens with one attached hydrogen (secondary N) is 1. The van der Waals surface area contributed by atoms with Crippen LogP contribution in [0, 0.1) is 12.3 Å². The number of carbonyl (C=O) groups excluding carboxylic acids is 1. The molecule has 0 saturated carbocycles. The smallest absolute Gasteiger partial charge is 0.321 e. The zero-order chi connectivity index (χ0) is 16.9. The molecule has 5 heteroatoms. The lowest BCUT2D eigenvalue weighted by atomic mass is 9.77. The van der Waals surface area contributed by atoms with E-state index in [2.05, 4.69) is 12.2 Å². The quantitative estimate of drug-likeness (QED) is 0.874. The number of aliphatic hydroxyl groups is 1. The minimum absolute atomic E-state index is 0.0167. The van der Waals surface area contributed by atoms with Crippen molar-refractivity contribution < 1.29 is 14.6 Å². The average Bonchev–Trinajstić information content (AvgIpc) is 2.57. The topological polar surface area (TPSA) is 61.8 Å². The average molecular weight is 320 g/mol. The van der Waals surface area contributed by atoms with Crippen molar-refractivity contribution in [3.63, 3.8) is 0 Å². The van der Waals surface area contributed by atoms with Crippen LogP contribution in [-0.4, -0.2) is 42.3 Å². The number of likely N-dealkylation sites (tertiary alicyclic amines) is 1. The number of ether oxygens (including phenoxy) is 1. The Hall–Kier alpha value is -1.75. The molecule has 2 rings (SSSR count). The predicted octanol–water partition coefficient (Wildman–Crippen LogP) is 3.41. The van der Waals surface area contributed by atoms with Crippen LogP contribution in [0.4, 0.5) is 10.5 Å². The number of carbonyl (C=O) groups is 1. The first-order valence-corrected chi connectivity index (χ1v) is 8.44. The second-order valence-corrected chi connectivity index (χ2v) is 6.36. The predicted molar refractivity (Wildman–Crippen MR) is 92.0 cm³/mol. The van der Waals surface area contributed by atoms with E-state index in [9.17, 15) is 9.90 Å². The number of urea groups is 1. The SMILES string of the molecule is CCOc1cc(C)ccc1NC(=O)N1CCC(CC)(CO)CC1. The van der Waals surface area contributed by atoms with Crippen molar-refractivity contribution in [2.24, 2.45) is 5.41 Å². The summed E-state index contributed by atoms with van der Waals surface area (Å²) in [5, 5.41) is 12.5. The highest BCUT2D eigenvalue weighted by Crippen LogP contribution is 2.34. The summed E-state index contributed by atoms with van der Waals surface area (Å²) in [4.78, 5) is 14.3. The van der Waals surface area contributed by atoms with Gasteiger partial charge in [-0.15, -0.1) is 0 Å². The van der Waals surface area contributed by atoms with Gasteiger partial charge in [0.15, 0.2) is 0 Å². The molecule has 1 saturated heterocycles. The lowest BCUT2D eigenvalue weighted by molar-refractivity contribution is 0.0542. The molecule has 0 bridgehead atoms. The molecule has 0 spiro atoms. The van der Waals surface area contributed by atoms with Crippen molar-refractivity contribution in [3.8, 4) is 5.75 Å². The van der Waals surface area contributed by atoms with Gasteiger partial charge in [-0.25, -0.2) is 4.79 Å². The van der Waals surface area contributed by atoms with Gasteiger partial charge in [-0.1, -0.05) is 13.0 Å². The molecule has 1 aliphatic heterocycles. The number of hydrogen-bond acceptors (Lipinski definition) is 3. The molecular formula is C18H28N2O3. The molecule has 23 heavy (non-hydrogen) atoms. The fraction of sp³-hybridized carbons (Fsp3) is 0.611. The summed E-state index contributed by atoms with van der Waals surface area (Å²) in [6.45, 7) is 8.14. The molecule has 0 aliphatic carbocycles. The van der Waals surface area contributed by atoms with Crippen molar-refractivity contribution in [2.75, 3.05) is 31.6 Å². The van der Waals surface area contributed by atoms with E-state index in [1.807, 2.05) is 36.9 Å². The summed E-state index contributed by atoms with van der Waals surface area (Å²) in [6.07, 6.45) is 2.64. The number of hydrogen-bond donors (Lipinski definition) is 2. The molecule has 128 valence electrons. The Balaban J connectivity index is 2.01. The normalized spacial score (nSPS) is 17.0. The Bertz CT molecular complexity index is 531. The van der Waals surface area contributed by atoms with E-state index >= 15 is 0 Å². The van der Waals surface area contributed by atoms with Gasteiger partial charge in [0.05, 0.1) is 12.3 Å². The van der Waals surface area contributed by atoms with Crippen molar-refractivity contribution >= 4 is 11.7 Å². The molecule has 2 amide bonds. The van der Waals surface area contributed by atoms with E-state index in [1.54, 1.807) is 0 Å². The molecule has 1 fully saturated rings. The highest BCUT2D eigenvalue weighted by atomic mass is 16.5. The number of benzene rings is 1. The molecular weight excluding hydrogens is 292 g/mol. The lowest BCUT2D eigenvalue weighted by Gasteiger charge is -2.40. The third-order valence-electron chi connectivity index (χ3n) is 4.88. The molecule has 2 N–H and O–H groups in total. The molecule has 1 aromatic rings. The summed E-state index contributed by atoms with van der Waals surface area (Å²) in [5.41, 5.74) is 1.79. The fourth-order valence-corrected chi connectivity index (χ4v) is 3.01. The highest BCUT2D eigenvalue weighted by Gasteiger charge is 2.34. The minimum atomic E-state index is -0.0996. The van der Waals surface area contributed by atoms with E-state index in [-0.39, 0.29) is 18.1 Å². The molecule has 0 unspecified atom stereocenters. The number of nitrogens with zero attached hydrogens (tertiary/aromatic N) is 1. The van der Waals surface area contributed by atoms with Gasteiger partial charge in [-0.05, 0) is 56.2 Å². The number of aliphatic hydroxyl groups excluding tert-OH is 1. The summed E-state index contributed by atoms with van der Waals surface area (Å²) >= 11 is 0. The molecule has 5 nitrogen and oxygen atoms in total.